The first-order valence-electron chi connectivity index (χ1n) is 4.72. The van der Waals surface area contributed by atoms with Crippen LogP contribution in [0.3, 0.4) is 0 Å². The van der Waals surface area contributed by atoms with Crippen LogP contribution in [0.4, 0.5) is 0 Å². The fourth-order valence-electron chi connectivity index (χ4n) is 1.86. The van der Waals surface area contributed by atoms with E-state index in [9.17, 15) is 20.1 Å². The van der Waals surface area contributed by atoms with Crippen LogP contribution in [0.25, 0.3) is 0 Å². The van der Waals surface area contributed by atoms with Crippen molar-refractivity contribution in [3.8, 4) is 0 Å². The topological polar surface area (TPSA) is 119 Å². The predicted octanol–water partition coefficient (Wildman–Crippen LogP) is -3.70. The summed E-state index contributed by atoms with van der Waals surface area (Å²) in [5, 5.41) is 40.8. The Morgan fingerprint density at radius 2 is 2.19 bits per heavy atom. The molecule has 8 heteroatoms. The van der Waals surface area contributed by atoms with Crippen molar-refractivity contribution < 1.29 is 30.0 Å². The van der Waals surface area contributed by atoms with E-state index in [-0.39, 0.29) is 0 Å². The first-order chi connectivity index (χ1) is 7.36. The first kappa shape index (κ1) is 12.3. The summed E-state index contributed by atoms with van der Waals surface area (Å²) in [6, 6.07) is 0. The summed E-state index contributed by atoms with van der Waals surface area (Å²) in [5.41, 5.74) is 0. The van der Waals surface area contributed by atoms with Crippen molar-refractivity contribution in [3.05, 3.63) is 0 Å². The number of ether oxygens (including phenoxy) is 1. The summed E-state index contributed by atoms with van der Waals surface area (Å²) in [7, 11) is 0. The fraction of sp³-hybridized carbons (Fsp3) is 0.875. The van der Waals surface area contributed by atoms with Gasteiger partial charge in [0.25, 0.3) is 0 Å². The number of fused-ring (bicyclic) bond motifs is 1. The molecule has 92 valence electrons. The number of nitrogens with one attached hydrogen (secondary N) is 1. The van der Waals surface area contributed by atoms with Crippen LogP contribution in [-0.2, 0) is 9.53 Å². The molecule has 2 rings (SSSR count). The van der Waals surface area contributed by atoms with Crippen LogP contribution in [-0.4, -0.2) is 75.3 Å². The monoisotopic (exact) mass is 299 g/mol. The normalized spacial score (nSPS) is 50.7. The summed E-state index contributed by atoms with van der Waals surface area (Å²) < 4.78 is 2.16. The Morgan fingerprint density at radius 1 is 1.56 bits per heavy atom. The minimum atomic E-state index is -1.64. The third-order valence-corrected chi connectivity index (χ3v) is 5.71. The number of hydrogen-bond acceptors (Lipinski definition) is 6. The van der Waals surface area contributed by atoms with Gasteiger partial charge in [0.05, 0.1) is 0 Å². The zero-order chi connectivity index (χ0) is 12.1. The van der Waals surface area contributed by atoms with E-state index in [0.29, 0.717) is 0 Å². The van der Waals surface area contributed by atoms with Crippen LogP contribution < -0.4 is 5.32 Å². The Balaban J connectivity index is 2.22. The van der Waals surface area contributed by atoms with Gasteiger partial charge in [-0.1, -0.05) is 0 Å². The fourth-order valence-corrected chi connectivity index (χ4v) is 4.44. The van der Waals surface area contributed by atoms with Gasteiger partial charge < -0.3 is 0 Å². The molecule has 2 aliphatic rings. The van der Waals surface area contributed by atoms with Gasteiger partial charge in [-0.3, -0.25) is 0 Å². The molecule has 0 aromatic carbocycles. The maximum absolute atomic E-state index is 11.0. The molecule has 5 N–H and O–H groups in total. The zero-order valence-corrected chi connectivity index (χ0v) is 10.2. The first-order valence-corrected chi connectivity index (χ1v) is 6.44. The van der Waals surface area contributed by atoms with E-state index in [4.69, 9.17) is 9.84 Å². The van der Waals surface area contributed by atoms with Crippen molar-refractivity contribution >= 4 is 20.9 Å². The number of amides is 1. The average Bonchev–Trinajstić information content (AvgIpc) is 2.78. The van der Waals surface area contributed by atoms with Crippen LogP contribution in [0.5, 0.6) is 0 Å². The second kappa shape index (κ2) is 3.64. The van der Waals surface area contributed by atoms with Gasteiger partial charge in [0.2, 0.25) is 0 Å². The Labute approximate surface area is 97.6 Å². The van der Waals surface area contributed by atoms with E-state index in [1.54, 1.807) is 0 Å². The van der Waals surface area contributed by atoms with Gasteiger partial charge >= 0.3 is 97.1 Å². The number of carbonyl (C=O) groups excluding carboxylic acids is 1. The van der Waals surface area contributed by atoms with Gasteiger partial charge in [0.15, 0.2) is 0 Å². The van der Waals surface area contributed by atoms with Crippen molar-refractivity contribution in [2.24, 2.45) is 0 Å². The van der Waals surface area contributed by atoms with Crippen LogP contribution in [0.1, 0.15) is 6.92 Å². The molecule has 0 bridgehead atoms. The molecule has 7 nitrogen and oxygen atoms in total. The van der Waals surface area contributed by atoms with Crippen LogP contribution >= 0.6 is 0 Å². The zero-order valence-electron chi connectivity index (χ0n) is 8.45. The van der Waals surface area contributed by atoms with Gasteiger partial charge in [-0.25, -0.2) is 0 Å². The van der Waals surface area contributed by atoms with E-state index in [2.05, 4.69) is 5.32 Å². The number of rotatable bonds is 2. The molecule has 0 aliphatic carbocycles. The third-order valence-electron chi connectivity index (χ3n) is 2.70. The molecule has 2 heterocycles. The van der Waals surface area contributed by atoms with Crippen molar-refractivity contribution in [1.29, 1.82) is 0 Å². The van der Waals surface area contributed by atoms with Crippen molar-refractivity contribution in [3.63, 3.8) is 0 Å². The molecule has 1 amide bonds. The predicted molar refractivity (Wildman–Crippen MR) is 51.2 cm³/mol. The van der Waals surface area contributed by atoms with E-state index in [1.165, 1.54) is 6.92 Å². The molecule has 0 aromatic rings. The molecule has 0 unspecified atom stereocenters. The Hall–Kier alpha value is -0.211. The van der Waals surface area contributed by atoms with Crippen LogP contribution in [0, 0.1) is 0 Å². The summed E-state index contributed by atoms with van der Waals surface area (Å²) >= 11 is -0.601. The summed E-state index contributed by atoms with van der Waals surface area (Å²) in [5.74, 6) is -0.421. The summed E-state index contributed by atoms with van der Waals surface area (Å²) in [6.07, 6.45) is -3.71. The summed E-state index contributed by atoms with van der Waals surface area (Å²) in [6.45, 7) is 0.744. The molecular formula is C8H13NO6Se. The number of carbonyl (C=O) groups is 1. The van der Waals surface area contributed by atoms with Gasteiger partial charge in [0.1, 0.15) is 0 Å². The van der Waals surface area contributed by atoms with E-state index < -0.39 is 54.9 Å². The third kappa shape index (κ3) is 1.50. The van der Waals surface area contributed by atoms with E-state index >= 15 is 0 Å². The molecule has 5 atom stereocenters. The van der Waals surface area contributed by atoms with Crippen molar-refractivity contribution in [2.75, 3.05) is 6.61 Å². The SMILES string of the molecule is CC(=O)N[C@@]12[Se][C@]1(O)O[C@H](CO)[C@@H](O)[C@@H]2O. The average molecular weight is 298 g/mol. The standard InChI is InChI=1S/C8H13NO6Se/c1-3(11)9-7-6(13)5(12)4(2-10)15-8(7,14)16-7/h4-6,10,12-14H,2H2,1H3,(H,9,11)/t4-,5-,6+,7+,8-/m1/s1. The minimum absolute atomic E-state index is 0.421. The molecule has 0 saturated carbocycles. The Morgan fingerprint density at radius 3 is 2.69 bits per heavy atom. The Bertz CT molecular complexity index is 328. The maximum atomic E-state index is 11.0. The molecule has 0 spiro atoms. The number of aliphatic hydroxyl groups excluding tert-OH is 3. The van der Waals surface area contributed by atoms with E-state index in [0.717, 1.165) is 0 Å². The summed E-state index contributed by atoms with van der Waals surface area (Å²) in [4.78, 5) is 11.0. The van der Waals surface area contributed by atoms with E-state index in [1.807, 2.05) is 0 Å². The van der Waals surface area contributed by atoms with Crippen molar-refractivity contribution in [2.45, 2.75) is 34.4 Å². The molecule has 2 aliphatic heterocycles. The molecular weight excluding hydrogens is 285 g/mol. The molecule has 16 heavy (non-hydrogen) atoms. The molecule has 0 aromatic heterocycles. The van der Waals surface area contributed by atoms with Crippen molar-refractivity contribution in [1.82, 2.24) is 5.32 Å². The molecule has 0 radical (unpaired) electrons. The molecule has 2 fully saturated rings. The quantitative estimate of drug-likeness (QED) is 0.335. The van der Waals surface area contributed by atoms with Gasteiger partial charge in [-0.05, 0) is 0 Å². The van der Waals surface area contributed by atoms with Crippen LogP contribution in [0.2, 0.25) is 0 Å². The van der Waals surface area contributed by atoms with Crippen LogP contribution in [0.15, 0.2) is 0 Å². The molecule has 2 saturated heterocycles. The van der Waals surface area contributed by atoms with Gasteiger partial charge in [-0.15, -0.1) is 0 Å². The van der Waals surface area contributed by atoms with Gasteiger partial charge in [0, 0.05) is 0 Å². The second-order valence-electron chi connectivity index (χ2n) is 3.88. The second-order valence-corrected chi connectivity index (χ2v) is 6.82. The van der Waals surface area contributed by atoms with Gasteiger partial charge in [-0.2, -0.15) is 0 Å². The Kier molecular flexibility index (Phi) is 2.79. The number of hydrogen-bond donors (Lipinski definition) is 5. The number of aliphatic hydroxyl groups is 4.